The van der Waals surface area contributed by atoms with Gasteiger partial charge >= 0.3 is 0 Å². The number of benzene rings is 1. The molecule has 0 amide bonds. The third kappa shape index (κ3) is 6.04. The summed E-state index contributed by atoms with van der Waals surface area (Å²) >= 11 is 0. The molecule has 0 aliphatic carbocycles. The Kier molecular flexibility index (Phi) is 8.24. The van der Waals surface area contributed by atoms with Gasteiger partial charge < -0.3 is 4.57 Å². The maximum atomic E-state index is 12.2. The standard InChI is InChI=1S/C23H31NO/c1-3-4-5-6-7-8-9-10-11-12-13-16-20-19-23(25)21-17-14-15-18-22(21)24(20)2/h7-8,10-11,14-15,17-19H,3-6,9,12-13,16H2,1-2H3. The summed E-state index contributed by atoms with van der Waals surface area (Å²) in [5, 5.41) is 0.805. The Balaban J connectivity index is 1.77. The highest BCUT2D eigenvalue weighted by molar-refractivity contribution is 5.79. The lowest BCUT2D eigenvalue weighted by Gasteiger charge is -2.11. The number of aromatic nitrogens is 1. The largest absolute Gasteiger partial charge is 0.347 e. The van der Waals surface area contributed by atoms with Gasteiger partial charge in [0.15, 0.2) is 5.43 Å². The fraction of sp³-hybridized carbons (Fsp3) is 0.435. The van der Waals surface area contributed by atoms with Gasteiger partial charge in [-0.1, -0.05) is 56.2 Å². The number of hydrogen-bond acceptors (Lipinski definition) is 1. The minimum absolute atomic E-state index is 0.132. The first-order chi connectivity index (χ1) is 12.2. The van der Waals surface area contributed by atoms with Crippen LogP contribution in [-0.4, -0.2) is 4.57 Å². The molecule has 0 aliphatic rings. The van der Waals surface area contributed by atoms with E-state index in [-0.39, 0.29) is 5.43 Å². The molecular formula is C23H31NO. The summed E-state index contributed by atoms with van der Waals surface area (Å²) in [6.07, 6.45) is 18.3. The van der Waals surface area contributed by atoms with Crippen molar-refractivity contribution in [2.24, 2.45) is 7.05 Å². The van der Waals surface area contributed by atoms with Gasteiger partial charge in [0.25, 0.3) is 0 Å². The number of rotatable bonds is 10. The molecule has 2 aromatic rings. The fourth-order valence-electron chi connectivity index (χ4n) is 3.11. The molecule has 0 radical (unpaired) electrons. The lowest BCUT2D eigenvalue weighted by atomic mass is 10.1. The summed E-state index contributed by atoms with van der Waals surface area (Å²) < 4.78 is 2.15. The molecule has 0 fully saturated rings. The van der Waals surface area contributed by atoms with Crippen molar-refractivity contribution >= 4 is 10.9 Å². The molecule has 0 saturated carbocycles. The molecule has 25 heavy (non-hydrogen) atoms. The Labute approximate surface area is 151 Å². The van der Waals surface area contributed by atoms with E-state index >= 15 is 0 Å². The molecule has 1 aromatic carbocycles. The highest BCUT2D eigenvalue weighted by atomic mass is 16.1. The number of allylic oxidation sites excluding steroid dienone is 4. The number of fused-ring (bicyclic) bond motifs is 1. The second-order valence-corrected chi connectivity index (χ2v) is 6.64. The maximum Gasteiger partial charge on any atom is 0.189 e. The first-order valence-corrected chi connectivity index (χ1v) is 9.61. The van der Waals surface area contributed by atoms with Crippen LogP contribution in [0.3, 0.4) is 0 Å². The molecule has 0 unspecified atom stereocenters. The number of unbranched alkanes of at least 4 members (excludes halogenated alkanes) is 4. The van der Waals surface area contributed by atoms with Crippen LogP contribution in [0.15, 0.2) is 59.4 Å². The van der Waals surface area contributed by atoms with Gasteiger partial charge in [0.05, 0.1) is 5.52 Å². The summed E-state index contributed by atoms with van der Waals surface area (Å²) in [6.45, 7) is 2.24. The van der Waals surface area contributed by atoms with E-state index in [0.29, 0.717) is 0 Å². The van der Waals surface area contributed by atoms with E-state index in [9.17, 15) is 4.79 Å². The number of hydrogen-bond donors (Lipinski definition) is 0. The monoisotopic (exact) mass is 337 g/mol. The van der Waals surface area contributed by atoms with Crippen LogP contribution in [-0.2, 0) is 13.5 Å². The minimum atomic E-state index is 0.132. The molecule has 2 rings (SSSR count). The summed E-state index contributed by atoms with van der Waals surface area (Å²) in [7, 11) is 2.05. The molecule has 0 atom stereocenters. The molecule has 0 N–H and O–H groups in total. The smallest absolute Gasteiger partial charge is 0.189 e. The Morgan fingerprint density at radius 3 is 2.44 bits per heavy atom. The van der Waals surface area contributed by atoms with Crippen molar-refractivity contribution in [3.8, 4) is 0 Å². The van der Waals surface area contributed by atoms with Crippen LogP contribution in [0.2, 0.25) is 0 Å². The molecule has 2 heteroatoms. The van der Waals surface area contributed by atoms with E-state index in [1.165, 1.54) is 25.7 Å². The summed E-state index contributed by atoms with van der Waals surface area (Å²) in [5.41, 5.74) is 2.27. The van der Waals surface area contributed by atoms with E-state index < -0.39 is 0 Å². The van der Waals surface area contributed by atoms with Crippen LogP contribution in [0.1, 0.15) is 57.6 Å². The van der Waals surface area contributed by atoms with Crippen LogP contribution < -0.4 is 5.43 Å². The maximum absolute atomic E-state index is 12.2. The van der Waals surface area contributed by atoms with Crippen molar-refractivity contribution in [3.63, 3.8) is 0 Å². The average molecular weight is 338 g/mol. The summed E-state index contributed by atoms with van der Waals surface area (Å²) in [4.78, 5) is 12.2. The van der Waals surface area contributed by atoms with Gasteiger partial charge in [-0.05, 0) is 50.7 Å². The number of pyridine rings is 1. The highest BCUT2D eigenvalue weighted by Gasteiger charge is 2.05. The lowest BCUT2D eigenvalue weighted by Crippen LogP contribution is -2.11. The number of para-hydroxylation sites is 1. The first-order valence-electron chi connectivity index (χ1n) is 9.61. The molecule has 1 heterocycles. The SMILES string of the molecule is CCCCCC=CCC=CCCCc1cc(=O)c2ccccc2n1C. The zero-order chi connectivity index (χ0) is 17.9. The second kappa shape index (κ2) is 10.7. The lowest BCUT2D eigenvalue weighted by molar-refractivity contribution is 0.728. The minimum Gasteiger partial charge on any atom is -0.347 e. The third-order valence-electron chi connectivity index (χ3n) is 4.64. The summed E-state index contributed by atoms with van der Waals surface area (Å²) in [5.74, 6) is 0. The zero-order valence-corrected chi connectivity index (χ0v) is 15.7. The molecule has 134 valence electrons. The van der Waals surface area contributed by atoms with Crippen LogP contribution in [0.4, 0.5) is 0 Å². The van der Waals surface area contributed by atoms with Crippen molar-refractivity contribution in [3.05, 3.63) is 70.6 Å². The Hall–Kier alpha value is -2.09. The zero-order valence-electron chi connectivity index (χ0n) is 15.7. The topological polar surface area (TPSA) is 22.0 Å². The van der Waals surface area contributed by atoms with Gasteiger partial charge in [0.1, 0.15) is 0 Å². The van der Waals surface area contributed by atoms with Crippen LogP contribution in [0.5, 0.6) is 0 Å². The van der Waals surface area contributed by atoms with Crippen LogP contribution in [0, 0.1) is 0 Å². The van der Waals surface area contributed by atoms with Gasteiger partial charge in [-0.2, -0.15) is 0 Å². The van der Waals surface area contributed by atoms with E-state index in [1.807, 2.05) is 24.3 Å². The van der Waals surface area contributed by atoms with Gasteiger partial charge in [0.2, 0.25) is 0 Å². The summed E-state index contributed by atoms with van der Waals surface area (Å²) in [6, 6.07) is 9.63. The van der Waals surface area contributed by atoms with Crippen molar-refractivity contribution in [1.82, 2.24) is 4.57 Å². The predicted molar refractivity (Wildman–Crippen MR) is 109 cm³/mol. The quantitative estimate of drug-likeness (QED) is 0.388. The molecule has 2 nitrogen and oxygen atoms in total. The van der Waals surface area contributed by atoms with Crippen molar-refractivity contribution in [2.45, 2.75) is 58.3 Å². The van der Waals surface area contributed by atoms with Gasteiger partial charge in [-0.15, -0.1) is 0 Å². The van der Waals surface area contributed by atoms with Gasteiger partial charge in [-0.3, -0.25) is 4.79 Å². The van der Waals surface area contributed by atoms with Crippen molar-refractivity contribution in [2.75, 3.05) is 0 Å². The number of aryl methyl sites for hydroxylation is 2. The molecule has 1 aromatic heterocycles. The Morgan fingerprint density at radius 2 is 1.68 bits per heavy atom. The normalized spacial score (nSPS) is 11.9. The van der Waals surface area contributed by atoms with E-state index in [4.69, 9.17) is 0 Å². The van der Waals surface area contributed by atoms with Gasteiger partial charge in [0, 0.05) is 24.2 Å². The molecule has 0 saturated heterocycles. The third-order valence-corrected chi connectivity index (χ3v) is 4.64. The molecule has 0 aliphatic heterocycles. The van der Waals surface area contributed by atoms with Crippen LogP contribution >= 0.6 is 0 Å². The molecule has 0 spiro atoms. The van der Waals surface area contributed by atoms with Crippen molar-refractivity contribution in [1.29, 1.82) is 0 Å². The van der Waals surface area contributed by atoms with E-state index in [2.05, 4.69) is 42.8 Å². The predicted octanol–water partition coefficient (Wildman–Crippen LogP) is 5.94. The Morgan fingerprint density at radius 1 is 0.960 bits per heavy atom. The van der Waals surface area contributed by atoms with E-state index in [1.54, 1.807) is 6.07 Å². The molecular weight excluding hydrogens is 306 g/mol. The average Bonchev–Trinajstić information content (AvgIpc) is 2.63. The van der Waals surface area contributed by atoms with Crippen molar-refractivity contribution < 1.29 is 0 Å². The second-order valence-electron chi connectivity index (χ2n) is 6.64. The van der Waals surface area contributed by atoms with E-state index in [0.717, 1.165) is 42.3 Å². The van der Waals surface area contributed by atoms with Crippen LogP contribution in [0.25, 0.3) is 10.9 Å². The highest BCUT2D eigenvalue weighted by Crippen LogP contribution is 2.13. The fourth-order valence-corrected chi connectivity index (χ4v) is 3.11. The Bertz CT molecular complexity index is 767. The van der Waals surface area contributed by atoms with Gasteiger partial charge in [-0.25, -0.2) is 0 Å². The first kappa shape index (κ1) is 19.2. The molecule has 0 bridgehead atoms. The number of nitrogens with zero attached hydrogens (tertiary/aromatic N) is 1.